The predicted octanol–water partition coefficient (Wildman–Crippen LogP) is 0.836. The molecule has 0 aliphatic rings. The maximum absolute atomic E-state index is 11.7. The third kappa shape index (κ3) is 4.17. The van der Waals surface area contributed by atoms with Crippen molar-refractivity contribution in [3.8, 4) is 11.5 Å². The summed E-state index contributed by atoms with van der Waals surface area (Å²) in [5, 5.41) is 11.1. The number of carboxylic acid groups (broad SMARTS) is 1. The van der Waals surface area contributed by atoms with Crippen molar-refractivity contribution in [2.75, 3.05) is 14.2 Å². The SMILES string of the molecule is COc1ccc(OC)c(CC(=O)N[C@@H](C)C(=O)O)c1. The number of carboxylic acids is 1. The number of ether oxygens (including phenoxy) is 2. The molecule has 6 heteroatoms. The van der Waals surface area contributed by atoms with Crippen molar-refractivity contribution in [1.82, 2.24) is 5.32 Å². The number of hydrogen-bond donors (Lipinski definition) is 2. The lowest BCUT2D eigenvalue weighted by Crippen LogP contribution is -2.39. The molecular weight excluding hydrogens is 250 g/mol. The summed E-state index contributed by atoms with van der Waals surface area (Å²) in [4.78, 5) is 22.4. The van der Waals surface area contributed by atoms with E-state index in [4.69, 9.17) is 14.6 Å². The Morgan fingerprint density at radius 3 is 2.53 bits per heavy atom. The standard InChI is InChI=1S/C13H17NO5/c1-8(13(16)17)14-12(15)7-9-6-10(18-2)4-5-11(9)19-3/h4-6,8H,7H2,1-3H3,(H,14,15)(H,16,17)/t8-/m0/s1. The molecule has 6 nitrogen and oxygen atoms in total. The molecule has 0 heterocycles. The van der Waals surface area contributed by atoms with Crippen LogP contribution in [0.4, 0.5) is 0 Å². The summed E-state index contributed by atoms with van der Waals surface area (Å²) >= 11 is 0. The lowest BCUT2D eigenvalue weighted by Gasteiger charge is -2.12. The summed E-state index contributed by atoms with van der Waals surface area (Å²) < 4.78 is 10.2. The number of hydrogen-bond acceptors (Lipinski definition) is 4. The Kier molecular flexibility index (Phi) is 5.17. The van der Waals surface area contributed by atoms with Gasteiger partial charge in [-0.25, -0.2) is 0 Å². The zero-order valence-electron chi connectivity index (χ0n) is 11.1. The summed E-state index contributed by atoms with van der Waals surface area (Å²) in [6, 6.07) is 4.18. The molecule has 0 saturated carbocycles. The first-order valence-corrected chi connectivity index (χ1v) is 5.71. The molecule has 0 aliphatic carbocycles. The summed E-state index contributed by atoms with van der Waals surface area (Å²) in [6.45, 7) is 1.41. The van der Waals surface area contributed by atoms with Crippen LogP contribution < -0.4 is 14.8 Å². The molecule has 0 radical (unpaired) electrons. The smallest absolute Gasteiger partial charge is 0.325 e. The fourth-order valence-corrected chi connectivity index (χ4v) is 1.55. The van der Waals surface area contributed by atoms with Crippen molar-refractivity contribution < 1.29 is 24.2 Å². The molecule has 0 bridgehead atoms. The van der Waals surface area contributed by atoms with E-state index in [2.05, 4.69) is 5.32 Å². The van der Waals surface area contributed by atoms with E-state index < -0.39 is 12.0 Å². The van der Waals surface area contributed by atoms with Crippen LogP contribution in [0.5, 0.6) is 11.5 Å². The van der Waals surface area contributed by atoms with Crippen LogP contribution in [0, 0.1) is 0 Å². The molecule has 0 saturated heterocycles. The van der Waals surface area contributed by atoms with Gasteiger partial charge >= 0.3 is 5.97 Å². The van der Waals surface area contributed by atoms with Crippen molar-refractivity contribution in [1.29, 1.82) is 0 Å². The topological polar surface area (TPSA) is 84.9 Å². The molecule has 0 unspecified atom stereocenters. The third-order valence-electron chi connectivity index (χ3n) is 2.59. The molecule has 0 fully saturated rings. The van der Waals surface area contributed by atoms with Crippen molar-refractivity contribution >= 4 is 11.9 Å². The average Bonchev–Trinajstić information content (AvgIpc) is 2.38. The second-order valence-corrected chi connectivity index (χ2v) is 3.98. The lowest BCUT2D eigenvalue weighted by molar-refractivity contribution is -0.141. The summed E-state index contributed by atoms with van der Waals surface area (Å²) in [7, 11) is 3.03. The van der Waals surface area contributed by atoms with E-state index in [1.54, 1.807) is 18.2 Å². The van der Waals surface area contributed by atoms with Gasteiger partial charge in [0.1, 0.15) is 17.5 Å². The zero-order valence-corrected chi connectivity index (χ0v) is 11.1. The molecular formula is C13H17NO5. The summed E-state index contributed by atoms with van der Waals surface area (Å²) in [5.41, 5.74) is 0.636. The minimum absolute atomic E-state index is 0.0258. The summed E-state index contributed by atoms with van der Waals surface area (Å²) in [6.07, 6.45) is 0.0258. The quantitative estimate of drug-likeness (QED) is 0.797. The van der Waals surface area contributed by atoms with Crippen LogP contribution in [0.25, 0.3) is 0 Å². The fraction of sp³-hybridized carbons (Fsp3) is 0.385. The van der Waals surface area contributed by atoms with E-state index in [-0.39, 0.29) is 12.3 Å². The van der Waals surface area contributed by atoms with Crippen molar-refractivity contribution in [2.45, 2.75) is 19.4 Å². The second kappa shape index (κ2) is 6.63. The highest BCUT2D eigenvalue weighted by molar-refractivity contribution is 5.85. The average molecular weight is 267 g/mol. The molecule has 0 aromatic heterocycles. The van der Waals surface area contributed by atoms with Crippen LogP contribution in [0.15, 0.2) is 18.2 Å². The molecule has 1 aromatic carbocycles. The van der Waals surface area contributed by atoms with Gasteiger partial charge in [0.25, 0.3) is 0 Å². The third-order valence-corrected chi connectivity index (χ3v) is 2.59. The molecule has 2 N–H and O–H groups in total. The number of aliphatic carboxylic acids is 1. The minimum Gasteiger partial charge on any atom is -0.497 e. The molecule has 1 rings (SSSR count). The van der Waals surface area contributed by atoms with Gasteiger partial charge < -0.3 is 19.9 Å². The van der Waals surface area contributed by atoms with Gasteiger partial charge in [-0.2, -0.15) is 0 Å². The Hall–Kier alpha value is -2.24. The van der Waals surface area contributed by atoms with E-state index in [1.165, 1.54) is 21.1 Å². The van der Waals surface area contributed by atoms with Crippen LogP contribution in [0.2, 0.25) is 0 Å². The molecule has 104 valence electrons. The van der Waals surface area contributed by atoms with Gasteiger partial charge in [-0.05, 0) is 25.1 Å². The molecule has 1 atom stereocenters. The number of carbonyl (C=O) groups excluding carboxylic acids is 1. The highest BCUT2D eigenvalue weighted by atomic mass is 16.5. The van der Waals surface area contributed by atoms with Gasteiger partial charge in [-0.1, -0.05) is 0 Å². The number of rotatable bonds is 6. The maximum atomic E-state index is 11.7. The minimum atomic E-state index is -1.08. The number of methoxy groups -OCH3 is 2. The molecule has 0 aliphatic heterocycles. The Bertz CT molecular complexity index is 472. The number of nitrogens with one attached hydrogen (secondary N) is 1. The molecule has 0 spiro atoms. The highest BCUT2D eigenvalue weighted by Gasteiger charge is 2.16. The van der Waals surface area contributed by atoms with Crippen molar-refractivity contribution in [3.05, 3.63) is 23.8 Å². The van der Waals surface area contributed by atoms with Crippen LogP contribution >= 0.6 is 0 Å². The monoisotopic (exact) mass is 267 g/mol. The predicted molar refractivity (Wildman–Crippen MR) is 68.5 cm³/mol. The molecule has 1 aromatic rings. The first-order chi connectivity index (χ1) is 8.97. The normalized spacial score (nSPS) is 11.5. The van der Waals surface area contributed by atoms with Gasteiger partial charge in [0.15, 0.2) is 0 Å². The van der Waals surface area contributed by atoms with Crippen molar-refractivity contribution in [2.24, 2.45) is 0 Å². The van der Waals surface area contributed by atoms with E-state index in [0.717, 1.165) is 0 Å². The van der Waals surface area contributed by atoms with Crippen LogP contribution in [-0.2, 0) is 16.0 Å². The Balaban J connectivity index is 2.80. The molecule has 19 heavy (non-hydrogen) atoms. The Morgan fingerprint density at radius 2 is 2.00 bits per heavy atom. The largest absolute Gasteiger partial charge is 0.497 e. The number of carbonyl (C=O) groups is 2. The lowest BCUT2D eigenvalue weighted by atomic mass is 10.1. The summed E-state index contributed by atoms with van der Waals surface area (Å²) in [5.74, 6) is -0.304. The maximum Gasteiger partial charge on any atom is 0.325 e. The first kappa shape index (κ1) is 14.8. The van der Waals surface area contributed by atoms with E-state index in [9.17, 15) is 9.59 Å². The number of benzene rings is 1. The zero-order chi connectivity index (χ0) is 14.4. The Morgan fingerprint density at radius 1 is 1.32 bits per heavy atom. The van der Waals surface area contributed by atoms with Gasteiger partial charge in [-0.3, -0.25) is 9.59 Å². The van der Waals surface area contributed by atoms with Gasteiger partial charge in [0.2, 0.25) is 5.91 Å². The van der Waals surface area contributed by atoms with Gasteiger partial charge in [0, 0.05) is 5.56 Å². The van der Waals surface area contributed by atoms with Crippen LogP contribution in [0.1, 0.15) is 12.5 Å². The Labute approximate surface area is 111 Å². The van der Waals surface area contributed by atoms with E-state index >= 15 is 0 Å². The van der Waals surface area contributed by atoms with Crippen LogP contribution in [-0.4, -0.2) is 37.2 Å². The molecule has 1 amide bonds. The fourth-order valence-electron chi connectivity index (χ4n) is 1.55. The van der Waals surface area contributed by atoms with E-state index in [1.807, 2.05) is 0 Å². The van der Waals surface area contributed by atoms with E-state index in [0.29, 0.717) is 17.1 Å². The van der Waals surface area contributed by atoms with Gasteiger partial charge in [0.05, 0.1) is 20.6 Å². The van der Waals surface area contributed by atoms with Gasteiger partial charge in [-0.15, -0.1) is 0 Å². The van der Waals surface area contributed by atoms with Crippen molar-refractivity contribution in [3.63, 3.8) is 0 Å². The number of amides is 1. The highest BCUT2D eigenvalue weighted by Crippen LogP contribution is 2.24. The second-order valence-electron chi connectivity index (χ2n) is 3.98. The first-order valence-electron chi connectivity index (χ1n) is 5.71. The van der Waals surface area contributed by atoms with Crippen LogP contribution in [0.3, 0.4) is 0 Å².